The van der Waals surface area contributed by atoms with E-state index in [1.807, 2.05) is 6.07 Å². The Morgan fingerprint density at radius 1 is 1.50 bits per heavy atom. The van der Waals surface area contributed by atoms with E-state index in [4.69, 9.17) is 11.6 Å². The molecule has 1 aliphatic heterocycles. The van der Waals surface area contributed by atoms with Crippen molar-refractivity contribution in [2.75, 3.05) is 6.54 Å². The number of halogens is 2. The van der Waals surface area contributed by atoms with E-state index >= 15 is 0 Å². The Labute approximate surface area is 88.3 Å². The van der Waals surface area contributed by atoms with E-state index in [0.29, 0.717) is 24.5 Å². The van der Waals surface area contributed by atoms with Crippen LogP contribution in [-0.4, -0.2) is 6.54 Å². The summed E-state index contributed by atoms with van der Waals surface area (Å²) in [6.45, 7) is 3.04. The summed E-state index contributed by atoms with van der Waals surface area (Å²) in [5.74, 6) is 0. The van der Waals surface area contributed by atoms with Crippen LogP contribution in [0.1, 0.15) is 24.5 Å². The quantitative estimate of drug-likeness (QED) is 0.699. The van der Waals surface area contributed by atoms with E-state index in [2.05, 4.69) is 5.32 Å². The van der Waals surface area contributed by atoms with Crippen molar-refractivity contribution in [1.29, 1.82) is 0 Å². The standard InChI is InChI=1S/C11H13ClFN/c1-11(13)4-5-14-7-8-6-9(12)2-3-10(8)11/h2-3,6,14H,4-5,7H2,1H3. The van der Waals surface area contributed by atoms with Gasteiger partial charge >= 0.3 is 0 Å². The second-order valence-electron chi connectivity index (χ2n) is 3.93. The molecular weight excluding hydrogens is 201 g/mol. The van der Waals surface area contributed by atoms with Crippen LogP contribution < -0.4 is 5.32 Å². The Hall–Kier alpha value is -0.600. The molecule has 76 valence electrons. The van der Waals surface area contributed by atoms with Gasteiger partial charge in [0.25, 0.3) is 0 Å². The second kappa shape index (κ2) is 3.52. The van der Waals surface area contributed by atoms with Crippen molar-refractivity contribution >= 4 is 11.6 Å². The molecule has 1 aromatic rings. The minimum Gasteiger partial charge on any atom is -0.313 e. The highest BCUT2D eigenvalue weighted by Gasteiger charge is 2.29. The molecule has 0 saturated heterocycles. The van der Waals surface area contributed by atoms with Crippen molar-refractivity contribution in [3.8, 4) is 0 Å². The van der Waals surface area contributed by atoms with Crippen molar-refractivity contribution in [2.24, 2.45) is 0 Å². The van der Waals surface area contributed by atoms with Gasteiger partial charge in [0.15, 0.2) is 0 Å². The molecule has 0 saturated carbocycles. The Kier molecular flexibility index (Phi) is 2.50. The molecule has 0 radical (unpaired) electrons. The minimum atomic E-state index is -1.23. The predicted octanol–water partition coefficient (Wildman–Crippen LogP) is 3.02. The SMILES string of the molecule is CC1(F)CCNCc2cc(Cl)ccc21. The van der Waals surface area contributed by atoms with Crippen LogP contribution in [0.25, 0.3) is 0 Å². The van der Waals surface area contributed by atoms with E-state index in [0.717, 1.165) is 11.1 Å². The second-order valence-corrected chi connectivity index (χ2v) is 4.36. The Morgan fingerprint density at radius 3 is 3.07 bits per heavy atom. The van der Waals surface area contributed by atoms with E-state index in [-0.39, 0.29) is 0 Å². The topological polar surface area (TPSA) is 12.0 Å². The van der Waals surface area contributed by atoms with E-state index in [1.165, 1.54) is 0 Å². The fraction of sp³-hybridized carbons (Fsp3) is 0.455. The molecule has 0 bridgehead atoms. The molecule has 0 aliphatic carbocycles. The lowest BCUT2D eigenvalue weighted by Crippen LogP contribution is -2.18. The maximum Gasteiger partial charge on any atom is 0.134 e. The third kappa shape index (κ3) is 1.77. The first-order valence-electron chi connectivity index (χ1n) is 4.78. The fourth-order valence-electron chi connectivity index (χ4n) is 1.90. The third-order valence-electron chi connectivity index (χ3n) is 2.72. The number of alkyl halides is 1. The maximum absolute atomic E-state index is 14.2. The lowest BCUT2D eigenvalue weighted by atomic mass is 9.91. The molecule has 0 spiro atoms. The zero-order valence-corrected chi connectivity index (χ0v) is 8.87. The molecule has 0 amide bonds. The minimum absolute atomic E-state index is 0.516. The van der Waals surface area contributed by atoms with Crippen molar-refractivity contribution in [2.45, 2.75) is 25.6 Å². The third-order valence-corrected chi connectivity index (χ3v) is 2.95. The number of benzene rings is 1. The molecule has 3 heteroatoms. The number of nitrogens with one attached hydrogen (secondary N) is 1. The van der Waals surface area contributed by atoms with Gasteiger partial charge in [-0.25, -0.2) is 4.39 Å². The van der Waals surface area contributed by atoms with Crippen LogP contribution in [0.3, 0.4) is 0 Å². The van der Waals surface area contributed by atoms with Crippen molar-refractivity contribution in [3.05, 3.63) is 34.3 Å². The molecule has 1 nitrogen and oxygen atoms in total. The van der Waals surface area contributed by atoms with Gasteiger partial charge in [0.2, 0.25) is 0 Å². The number of fused-ring (bicyclic) bond motifs is 1. The Bertz CT molecular complexity index is 349. The van der Waals surface area contributed by atoms with Crippen LogP contribution in [0.5, 0.6) is 0 Å². The zero-order chi connectivity index (χ0) is 10.2. The normalized spacial score (nSPS) is 26.8. The smallest absolute Gasteiger partial charge is 0.134 e. The molecular formula is C11H13ClFN. The van der Waals surface area contributed by atoms with Crippen molar-refractivity contribution in [3.63, 3.8) is 0 Å². The lowest BCUT2D eigenvalue weighted by Gasteiger charge is -2.20. The average Bonchev–Trinajstić information content (AvgIpc) is 2.25. The van der Waals surface area contributed by atoms with E-state index in [9.17, 15) is 4.39 Å². The highest BCUT2D eigenvalue weighted by Crippen LogP contribution is 2.34. The molecule has 1 unspecified atom stereocenters. The molecule has 0 fully saturated rings. The van der Waals surface area contributed by atoms with Gasteiger partial charge in [-0.1, -0.05) is 17.7 Å². The van der Waals surface area contributed by atoms with Gasteiger partial charge in [0.1, 0.15) is 5.67 Å². The molecule has 1 heterocycles. The van der Waals surface area contributed by atoms with Crippen LogP contribution in [0, 0.1) is 0 Å². The largest absolute Gasteiger partial charge is 0.313 e. The summed E-state index contributed by atoms with van der Waals surface area (Å²) in [6.07, 6.45) is 0.516. The van der Waals surface area contributed by atoms with Gasteiger partial charge in [-0.2, -0.15) is 0 Å². The highest BCUT2D eigenvalue weighted by molar-refractivity contribution is 6.30. The number of hydrogen-bond donors (Lipinski definition) is 1. The zero-order valence-electron chi connectivity index (χ0n) is 8.11. The maximum atomic E-state index is 14.2. The predicted molar refractivity (Wildman–Crippen MR) is 56.2 cm³/mol. The van der Waals surface area contributed by atoms with Gasteiger partial charge in [-0.3, -0.25) is 0 Å². The molecule has 0 aromatic heterocycles. The van der Waals surface area contributed by atoms with Crippen molar-refractivity contribution < 1.29 is 4.39 Å². The Morgan fingerprint density at radius 2 is 2.29 bits per heavy atom. The van der Waals surface area contributed by atoms with Crippen LogP contribution in [0.2, 0.25) is 5.02 Å². The van der Waals surface area contributed by atoms with Gasteiger partial charge in [0.05, 0.1) is 0 Å². The summed E-state index contributed by atoms with van der Waals surface area (Å²) in [5.41, 5.74) is 0.510. The number of rotatable bonds is 0. The fourth-order valence-corrected chi connectivity index (χ4v) is 2.09. The first-order chi connectivity index (χ1) is 6.59. The first kappa shape index (κ1) is 9.94. The van der Waals surface area contributed by atoms with Gasteiger partial charge in [-0.05, 0) is 43.1 Å². The molecule has 1 N–H and O–H groups in total. The summed E-state index contributed by atoms with van der Waals surface area (Å²) in [7, 11) is 0. The average molecular weight is 214 g/mol. The Balaban J connectivity index is 2.50. The van der Waals surface area contributed by atoms with E-state index < -0.39 is 5.67 Å². The summed E-state index contributed by atoms with van der Waals surface area (Å²) in [5, 5.41) is 3.86. The molecule has 1 aromatic carbocycles. The lowest BCUT2D eigenvalue weighted by molar-refractivity contribution is 0.180. The van der Waals surface area contributed by atoms with Crippen molar-refractivity contribution in [1.82, 2.24) is 5.32 Å². The summed E-state index contributed by atoms with van der Waals surface area (Å²) >= 11 is 5.87. The molecule has 2 rings (SSSR count). The van der Waals surface area contributed by atoms with Crippen LogP contribution >= 0.6 is 11.6 Å². The molecule has 1 aliphatic rings. The monoisotopic (exact) mass is 213 g/mol. The molecule has 1 atom stereocenters. The van der Waals surface area contributed by atoms with E-state index in [1.54, 1.807) is 19.1 Å². The number of hydrogen-bond acceptors (Lipinski definition) is 1. The van der Waals surface area contributed by atoms with Crippen LogP contribution in [0.15, 0.2) is 18.2 Å². The summed E-state index contributed by atoms with van der Waals surface area (Å²) < 4.78 is 14.2. The van der Waals surface area contributed by atoms with Gasteiger partial charge < -0.3 is 5.32 Å². The van der Waals surface area contributed by atoms with Crippen LogP contribution in [-0.2, 0) is 12.2 Å². The first-order valence-corrected chi connectivity index (χ1v) is 5.16. The summed E-state index contributed by atoms with van der Waals surface area (Å²) in [6, 6.07) is 5.39. The summed E-state index contributed by atoms with van der Waals surface area (Å²) in [4.78, 5) is 0. The van der Waals surface area contributed by atoms with Gasteiger partial charge in [-0.15, -0.1) is 0 Å². The molecule has 14 heavy (non-hydrogen) atoms. The van der Waals surface area contributed by atoms with Crippen LogP contribution in [0.4, 0.5) is 4.39 Å². The van der Waals surface area contributed by atoms with Gasteiger partial charge in [0, 0.05) is 11.6 Å². The highest BCUT2D eigenvalue weighted by atomic mass is 35.5.